The van der Waals surface area contributed by atoms with Crippen LogP contribution in [0.1, 0.15) is 35.3 Å². The maximum Gasteiger partial charge on any atom is 0.315 e. The lowest BCUT2D eigenvalue weighted by atomic mass is 10.1. The summed E-state index contributed by atoms with van der Waals surface area (Å²) in [6.07, 6.45) is 0. The Balaban J connectivity index is 1.47. The summed E-state index contributed by atoms with van der Waals surface area (Å²) in [6.45, 7) is 6.41. The molecule has 2 aromatic rings. The van der Waals surface area contributed by atoms with E-state index in [1.54, 1.807) is 12.1 Å². The van der Waals surface area contributed by atoms with Crippen LogP contribution in [-0.2, 0) is 17.9 Å². The van der Waals surface area contributed by atoms with Gasteiger partial charge in [0.25, 0.3) is 5.91 Å². The van der Waals surface area contributed by atoms with E-state index in [0.717, 1.165) is 23.4 Å². The summed E-state index contributed by atoms with van der Waals surface area (Å²) in [5.41, 5.74) is 3.45. The molecular formula is C23H29N5O3. The van der Waals surface area contributed by atoms with E-state index in [1.807, 2.05) is 55.1 Å². The topological polar surface area (TPSA) is 103 Å². The molecule has 0 aliphatic carbocycles. The van der Waals surface area contributed by atoms with Crippen molar-refractivity contribution in [2.24, 2.45) is 0 Å². The number of anilines is 1. The minimum Gasteiger partial charge on any atom is -0.360 e. The van der Waals surface area contributed by atoms with Gasteiger partial charge in [-0.05, 0) is 49.2 Å². The highest BCUT2D eigenvalue weighted by Crippen LogP contribution is 2.16. The van der Waals surface area contributed by atoms with Crippen LogP contribution in [0.2, 0.25) is 0 Å². The quantitative estimate of drug-likeness (QED) is 0.545. The van der Waals surface area contributed by atoms with E-state index in [-0.39, 0.29) is 23.9 Å². The van der Waals surface area contributed by atoms with E-state index in [9.17, 15) is 14.4 Å². The van der Waals surface area contributed by atoms with Gasteiger partial charge in [0.15, 0.2) is 0 Å². The summed E-state index contributed by atoms with van der Waals surface area (Å²) in [7, 11) is 0. The van der Waals surface area contributed by atoms with Crippen LogP contribution in [0.5, 0.6) is 0 Å². The summed E-state index contributed by atoms with van der Waals surface area (Å²) in [4.78, 5) is 37.6. The number of amides is 4. The SMILES string of the molecule is CC(C)NC(=O)NCc1ccc(C(=O)NCc2ccc(N3CCNC(=O)C3)cc2)cc1. The van der Waals surface area contributed by atoms with Crippen LogP contribution in [0.3, 0.4) is 0 Å². The minimum absolute atomic E-state index is 0.0308. The van der Waals surface area contributed by atoms with Crippen LogP contribution in [-0.4, -0.2) is 43.5 Å². The van der Waals surface area contributed by atoms with Crippen LogP contribution >= 0.6 is 0 Å². The number of hydrogen-bond donors (Lipinski definition) is 4. The average Bonchev–Trinajstić information content (AvgIpc) is 2.76. The van der Waals surface area contributed by atoms with E-state index in [0.29, 0.717) is 31.7 Å². The second-order valence-corrected chi connectivity index (χ2v) is 7.80. The molecule has 31 heavy (non-hydrogen) atoms. The molecule has 0 saturated carbocycles. The van der Waals surface area contributed by atoms with Gasteiger partial charge in [0.1, 0.15) is 0 Å². The highest BCUT2D eigenvalue weighted by Gasteiger charge is 2.16. The second-order valence-electron chi connectivity index (χ2n) is 7.80. The summed E-state index contributed by atoms with van der Waals surface area (Å²) >= 11 is 0. The number of urea groups is 1. The fourth-order valence-corrected chi connectivity index (χ4v) is 3.24. The molecule has 0 spiro atoms. The van der Waals surface area contributed by atoms with Gasteiger partial charge in [0.2, 0.25) is 5.91 Å². The predicted octanol–water partition coefficient (Wildman–Crippen LogP) is 1.76. The fraction of sp³-hybridized carbons (Fsp3) is 0.348. The summed E-state index contributed by atoms with van der Waals surface area (Å²) in [5, 5.41) is 11.3. The molecule has 1 aliphatic rings. The first-order chi connectivity index (χ1) is 14.9. The zero-order chi connectivity index (χ0) is 22.2. The van der Waals surface area contributed by atoms with Crippen molar-refractivity contribution >= 4 is 23.5 Å². The standard InChI is InChI=1S/C23H29N5O3/c1-16(2)27-23(31)26-14-17-3-7-19(8-4-17)22(30)25-13-18-5-9-20(10-6-18)28-12-11-24-21(29)15-28/h3-10,16H,11-15H2,1-2H3,(H,24,29)(H,25,30)(H2,26,27,31). The van der Waals surface area contributed by atoms with Crippen molar-refractivity contribution in [3.63, 3.8) is 0 Å². The Bertz CT molecular complexity index is 910. The van der Waals surface area contributed by atoms with Gasteiger partial charge in [-0.25, -0.2) is 4.79 Å². The van der Waals surface area contributed by atoms with E-state index in [2.05, 4.69) is 21.3 Å². The van der Waals surface area contributed by atoms with Crippen molar-refractivity contribution in [2.45, 2.75) is 33.0 Å². The van der Waals surface area contributed by atoms with Gasteiger partial charge >= 0.3 is 6.03 Å². The molecule has 4 amide bonds. The smallest absolute Gasteiger partial charge is 0.315 e. The van der Waals surface area contributed by atoms with E-state index < -0.39 is 0 Å². The Kier molecular flexibility index (Phi) is 7.48. The highest BCUT2D eigenvalue weighted by molar-refractivity contribution is 5.94. The number of nitrogens with zero attached hydrogens (tertiary/aromatic N) is 1. The molecule has 3 rings (SSSR count). The zero-order valence-electron chi connectivity index (χ0n) is 17.9. The minimum atomic E-state index is -0.216. The monoisotopic (exact) mass is 423 g/mol. The van der Waals surface area contributed by atoms with Crippen LogP contribution < -0.4 is 26.2 Å². The molecule has 0 radical (unpaired) electrons. The lowest BCUT2D eigenvalue weighted by molar-refractivity contribution is -0.120. The number of hydrogen-bond acceptors (Lipinski definition) is 4. The summed E-state index contributed by atoms with van der Waals surface area (Å²) in [5.74, 6) is -0.128. The zero-order valence-corrected chi connectivity index (χ0v) is 17.9. The molecule has 0 unspecified atom stereocenters. The predicted molar refractivity (Wildman–Crippen MR) is 120 cm³/mol. The lowest BCUT2D eigenvalue weighted by Gasteiger charge is -2.28. The molecule has 2 aromatic carbocycles. The Hall–Kier alpha value is -3.55. The number of carbonyl (C=O) groups excluding carboxylic acids is 3. The molecule has 4 N–H and O–H groups in total. The summed E-state index contributed by atoms with van der Waals surface area (Å²) in [6, 6.07) is 14.9. The van der Waals surface area contributed by atoms with Crippen molar-refractivity contribution in [1.29, 1.82) is 0 Å². The molecule has 8 heteroatoms. The molecule has 0 aromatic heterocycles. The molecule has 1 fully saturated rings. The van der Waals surface area contributed by atoms with Crippen molar-refractivity contribution < 1.29 is 14.4 Å². The average molecular weight is 424 g/mol. The van der Waals surface area contributed by atoms with Crippen molar-refractivity contribution in [1.82, 2.24) is 21.3 Å². The third kappa shape index (κ3) is 6.74. The Morgan fingerprint density at radius 3 is 2.19 bits per heavy atom. The van der Waals surface area contributed by atoms with Crippen LogP contribution in [0.15, 0.2) is 48.5 Å². The van der Waals surface area contributed by atoms with E-state index in [4.69, 9.17) is 0 Å². The number of nitrogens with one attached hydrogen (secondary N) is 4. The van der Waals surface area contributed by atoms with Crippen molar-refractivity contribution in [3.05, 3.63) is 65.2 Å². The van der Waals surface area contributed by atoms with Gasteiger partial charge in [-0.2, -0.15) is 0 Å². The number of carbonyl (C=O) groups is 3. The first-order valence-electron chi connectivity index (χ1n) is 10.4. The Labute approximate surface area is 182 Å². The van der Waals surface area contributed by atoms with Crippen LogP contribution in [0, 0.1) is 0 Å². The van der Waals surface area contributed by atoms with E-state index >= 15 is 0 Å². The normalized spacial score (nSPS) is 13.5. The van der Waals surface area contributed by atoms with E-state index in [1.165, 1.54) is 0 Å². The Morgan fingerprint density at radius 2 is 1.58 bits per heavy atom. The van der Waals surface area contributed by atoms with Gasteiger partial charge in [-0.3, -0.25) is 9.59 Å². The first-order valence-corrected chi connectivity index (χ1v) is 10.4. The third-order valence-corrected chi connectivity index (χ3v) is 4.88. The molecule has 0 bridgehead atoms. The van der Waals surface area contributed by atoms with Gasteiger partial charge < -0.3 is 26.2 Å². The molecule has 8 nitrogen and oxygen atoms in total. The third-order valence-electron chi connectivity index (χ3n) is 4.88. The van der Waals surface area contributed by atoms with Crippen molar-refractivity contribution in [3.8, 4) is 0 Å². The largest absolute Gasteiger partial charge is 0.360 e. The summed E-state index contributed by atoms with van der Waals surface area (Å²) < 4.78 is 0. The number of benzene rings is 2. The van der Waals surface area contributed by atoms with Gasteiger partial charge in [-0.15, -0.1) is 0 Å². The van der Waals surface area contributed by atoms with Gasteiger partial charge in [0, 0.05) is 43.5 Å². The molecule has 164 valence electrons. The van der Waals surface area contributed by atoms with Crippen LogP contribution in [0.4, 0.5) is 10.5 Å². The fourth-order valence-electron chi connectivity index (χ4n) is 3.24. The van der Waals surface area contributed by atoms with Crippen LogP contribution in [0.25, 0.3) is 0 Å². The molecule has 1 saturated heterocycles. The highest BCUT2D eigenvalue weighted by atomic mass is 16.2. The molecule has 1 aliphatic heterocycles. The lowest BCUT2D eigenvalue weighted by Crippen LogP contribution is -2.47. The molecule has 0 atom stereocenters. The second kappa shape index (κ2) is 10.5. The first kappa shape index (κ1) is 22.1. The molecule has 1 heterocycles. The van der Waals surface area contributed by atoms with Crippen molar-refractivity contribution in [2.75, 3.05) is 24.5 Å². The molecular weight excluding hydrogens is 394 g/mol. The Morgan fingerprint density at radius 1 is 0.968 bits per heavy atom. The van der Waals surface area contributed by atoms with Gasteiger partial charge in [-0.1, -0.05) is 24.3 Å². The number of rotatable bonds is 7. The maximum atomic E-state index is 12.4. The van der Waals surface area contributed by atoms with Gasteiger partial charge in [0.05, 0.1) is 6.54 Å². The maximum absolute atomic E-state index is 12.4. The number of piperazine rings is 1.